The Morgan fingerprint density at radius 1 is 1.62 bits per heavy atom. The summed E-state index contributed by atoms with van der Waals surface area (Å²) in [5.41, 5.74) is 5.64. The summed E-state index contributed by atoms with van der Waals surface area (Å²) in [5.74, 6) is 1.15. The number of rotatable bonds is 0. The third kappa shape index (κ3) is 1.30. The van der Waals surface area contributed by atoms with Crippen LogP contribution in [0.5, 0.6) is 0 Å². The molecule has 2 N–H and O–H groups in total. The summed E-state index contributed by atoms with van der Waals surface area (Å²) in [4.78, 5) is 0. The molecule has 1 heterocycles. The van der Waals surface area contributed by atoms with E-state index in [2.05, 4.69) is 13.8 Å². The van der Waals surface area contributed by atoms with Gasteiger partial charge in [0.2, 0.25) is 0 Å². The van der Waals surface area contributed by atoms with Crippen molar-refractivity contribution in [3.05, 3.63) is 0 Å². The fourth-order valence-electron chi connectivity index (χ4n) is 0.513. The molecule has 0 aromatic heterocycles. The molecule has 1 rings (SSSR count). The van der Waals surface area contributed by atoms with Crippen molar-refractivity contribution in [3.63, 3.8) is 0 Å². The maximum atomic E-state index is 5.64. The molecule has 50 valence electrons. The molecule has 1 aliphatic rings. The van der Waals surface area contributed by atoms with E-state index in [1.165, 1.54) is 0 Å². The van der Waals surface area contributed by atoms with Gasteiger partial charge in [-0.3, -0.25) is 0 Å². The van der Waals surface area contributed by atoms with Crippen LogP contribution in [0, 0.1) is 0 Å². The van der Waals surface area contributed by atoms with Crippen LogP contribution in [0.25, 0.3) is 0 Å². The molecule has 0 aromatic carbocycles. The van der Waals surface area contributed by atoms with Crippen LogP contribution in [0.15, 0.2) is 0 Å². The minimum Gasteiger partial charge on any atom is -0.326 e. The van der Waals surface area contributed by atoms with Gasteiger partial charge >= 0.3 is 0 Å². The van der Waals surface area contributed by atoms with Crippen molar-refractivity contribution in [2.24, 2.45) is 5.73 Å². The maximum Gasteiger partial charge on any atom is 0.0274 e. The fraction of sp³-hybridized carbons (Fsp3) is 1.00. The molecule has 0 spiro atoms. The van der Waals surface area contributed by atoms with E-state index in [0.717, 1.165) is 5.75 Å². The molecule has 1 nitrogen and oxygen atoms in total. The molecule has 8 heavy (non-hydrogen) atoms. The van der Waals surface area contributed by atoms with Crippen LogP contribution < -0.4 is 5.73 Å². The summed E-state index contributed by atoms with van der Waals surface area (Å²) in [5, 5.41) is 0. The molecule has 1 saturated heterocycles. The van der Waals surface area contributed by atoms with E-state index < -0.39 is 0 Å². The molecule has 1 fully saturated rings. The molecule has 0 bridgehead atoms. The lowest BCUT2D eigenvalue weighted by molar-refractivity contribution is 0.544. The zero-order chi connectivity index (χ0) is 5.49. The van der Waals surface area contributed by atoms with Crippen molar-refractivity contribution in [3.8, 4) is 0 Å². The summed E-state index contributed by atoms with van der Waals surface area (Å²) in [6, 6.07) is 0.442. The van der Waals surface area contributed by atoms with Crippen molar-refractivity contribution in [1.29, 1.82) is 0 Å². The SMILES string of the molecule is CC1(C)SCC1N.Cl. The Morgan fingerprint density at radius 2 is 2.00 bits per heavy atom. The first kappa shape index (κ1) is 8.60. The lowest BCUT2D eigenvalue weighted by Crippen LogP contribution is -2.51. The maximum absolute atomic E-state index is 5.64. The monoisotopic (exact) mass is 153 g/mol. The number of hydrogen-bond donors (Lipinski definition) is 1. The van der Waals surface area contributed by atoms with Gasteiger partial charge in [0.1, 0.15) is 0 Å². The van der Waals surface area contributed by atoms with E-state index in [1.807, 2.05) is 11.8 Å². The van der Waals surface area contributed by atoms with Gasteiger partial charge in [0, 0.05) is 16.5 Å². The predicted molar refractivity (Wildman–Crippen MR) is 41.8 cm³/mol. The Kier molecular flexibility index (Phi) is 2.64. The van der Waals surface area contributed by atoms with Crippen molar-refractivity contribution in [2.45, 2.75) is 24.6 Å². The van der Waals surface area contributed by atoms with Crippen LogP contribution in [-0.2, 0) is 0 Å². The van der Waals surface area contributed by atoms with Gasteiger partial charge < -0.3 is 5.73 Å². The second-order valence-electron chi connectivity index (χ2n) is 2.52. The van der Waals surface area contributed by atoms with Gasteiger partial charge in [0.25, 0.3) is 0 Å². The summed E-state index contributed by atoms with van der Waals surface area (Å²) in [6.45, 7) is 4.37. The van der Waals surface area contributed by atoms with Gasteiger partial charge in [-0.1, -0.05) is 0 Å². The highest BCUT2D eigenvalue weighted by Gasteiger charge is 2.35. The molecule has 1 atom stereocenters. The summed E-state index contributed by atoms with van der Waals surface area (Å²) < 4.78 is 0.375. The van der Waals surface area contributed by atoms with Crippen LogP contribution in [0.4, 0.5) is 0 Å². The number of hydrogen-bond acceptors (Lipinski definition) is 2. The Hall–Kier alpha value is 0.600. The molecule has 0 aromatic rings. The van der Waals surface area contributed by atoms with E-state index in [9.17, 15) is 0 Å². The topological polar surface area (TPSA) is 26.0 Å². The predicted octanol–water partition coefficient (Wildman–Crippen LogP) is 1.26. The average Bonchev–Trinajstić information content (AvgIpc) is 1.63. The van der Waals surface area contributed by atoms with Crippen molar-refractivity contribution >= 4 is 24.2 Å². The minimum atomic E-state index is 0. The van der Waals surface area contributed by atoms with E-state index in [4.69, 9.17) is 5.73 Å². The first-order chi connectivity index (χ1) is 3.13. The van der Waals surface area contributed by atoms with Gasteiger partial charge in [0.15, 0.2) is 0 Å². The molecule has 1 aliphatic heterocycles. The molecular formula is C5H12ClNS. The highest BCUT2D eigenvalue weighted by atomic mass is 35.5. The van der Waals surface area contributed by atoms with E-state index in [-0.39, 0.29) is 12.4 Å². The third-order valence-electron chi connectivity index (χ3n) is 1.53. The first-order valence-corrected chi connectivity index (χ1v) is 3.51. The molecule has 0 aliphatic carbocycles. The van der Waals surface area contributed by atoms with E-state index >= 15 is 0 Å². The Morgan fingerprint density at radius 3 is 2.00 bits per heavy atom. The van der Waals surface area contributed by atoms with Crippen LogP contribution in [-0.4, -0.2) is 16.5 Å². The molecule has 0 radical (unpaired) electrons. The molecule has 3 heteroatoms. The van der Waals surface area contributed by atoms with Crippen LogP contribution >= 0.6 is 24.2 Å². The van der Waals surface area contributed by atoms with Crippen molar-refractivity contribution in [1.82, 2.24) is 0 Å². The minimum absolute atomic E-state index is 0. The second-order valence-corrected chi connectivity index (χ2v) is 4.20. The van der Waals surface area contributed by atoms with Crippen LogP contribution in [0.1, 0.15) is 13.8 Å². The van der Waals surface area contributed by atoms with Crippen LogP contribution in [0.3, 0.4) is 0 Å². The lowest BCUT2D eigenvalue weighted by Gasteiger charge is -2.40. The highest BCUT2D eigenvalue weighted by Crippen LogP contribution is 2.38. The van der Waals surface area contributed by atoms with E-state index in [1.54, 1.807) is 0 Å². The second kappa shape index (κ2) is 2.46. The quantitative estimate of drug-likeness (QED) is 0.567. The van der Waals surface area contributed by atoms with E-state index in [0.29, 0.717) is 10.8 Å². The summed E-state index contributed by atoms with van der Waals surface area (Å²) in [6.07, 6.45) is 0. The standard InChI is InChI=1S/C5H11NS.ClH/c1-5(2)4(6)3-7-5;/h4H,3,6H2,1-2H3;1H. The van der Waals surface area contributed by atoms with Gasteiger partial charge in [-0.15, -0.1) is 12.4 Å². The number of halogens is 1. The summed E-state index contributed by atoms with van der Waals surface area (Å²) in [7, 11) is 0. The zero-order valence-electron chi connectivity index (χ0n) is 5.18. The van der Waals surface area contributed by atoms with Crippen molar-refractivity contribution < 1.29 is 0 Å². The largest absolute Gasteiger partial charge is 0.326 e. The average molecular weight is 154 g/mol. The van der Waals surface area contributed by atoms with Crippen molar-refractivity contribution in [2.75, 3.05) is 5.75 Å². The molecule has 1 unspecified atom stereocenters. The van der Waals surface area contributed by atoms with Gasteiger partial charge in [-0.25, -0.2) is 0 Å². The normalized spacial score (nSPS) is 32.6. The van der Waals surface area contributed by atoms with Crippen LogP contribution in [0.2, 0.25) is 0 Å². The Bertz CT molecular complexity index is 84.5. The highest BCUT2D eigenvalue weighted by molar-refractivity contribution is 8.02. The molecule has 0 amide bonds. The number of nitrogens with two attached hydrogens (primary N) is 1. The first-order valence-electron chi connectivity index (χ1n) is 2.52. The number of thioether (sulfide) groups is 1. The lowest BCUT2D eigenvalue weighted by atomic mass is 10.1. The Labute approximate surface area is 60.8 Å². The Balaban J connectivity index is 0.000000490. The summed E-state index contributed by atoms with van der Waals surface area (Å²) >= 11 is 1.95. The van der Waals surface area contributed by atoms with Gasteiger partial charge in [-0.05, 0) is 13.8 Å². The van der Waals surface area contributed by atoms with Gasteiger partial charge in [0.05, 0.1) is 0 Å². The van der Waals surface area contributed by atoms with Gasteiger partial charge in [-0.2, -0.15) is 11.8 Å². The smallest absolute Gasteiger partial charge is 0.0274 e. The zero-order valence-corrected chi connectivity index (χ0v) is 6.81. The fourth-order valence-corrected chi connectivity index (χ4v) is 1.54. The third-order valence-corrected chi connectivity index (χ3v) is 3.10. The molecule has 0 saturated carbocycles. The molecular weight excluding hydrogens is 142 g/mol.